The molecule has 1 aliphatic rings. The van der Waals surface area contributed by atoms with Crippen molar-refractivity contribution in [3.05, 3.63) is 66.0 Å². The predicted octanol–water partition coefficient (Wildman–Crippen LogP) is 2.62. The van der Waals surface area contributed by atoms with Crippen LogP contribution < -0.4 is 5.32 Å². The number of nitrogens with zero attached hydrogens (tertiary/aromatic N) is 2. The largest absolute Gasteiger partial charge is 0.387 e. The van der Waals surface area contributed by atoms with Gasteiger partial charge in [0.05, 0.1) is 6.10 Å². The second-order valence-corrected chi connectivity index (χ2v) is 6.66. The quantitative estimate of drug-likeness (QED) is 0.821. The molecule has 1 saturated heterocycles. The van der Waals surface area contributed by atoms with E-state index in [0.717, 1.165) is 44.2 Å². The highest BCUT2D eigenvalue weighted by Gasteiger charge is 2.21. The predicted molar refractivity (Wildman–Crippen MR) is 96.5 cm³/mol. The summed E-state index contributed by atoms with van der Waals surface area (Å²) in [5.74, 6) is 0.733. The van der Waals surface area contributed by atoms with Gasteiger partial charge in [0.25, 0.3) is 0 Å². The lowest BCUT2D eigenvalue weighted by atomic mass is 9.96. The molecule has 1 aromatic carbocycles. The van der Waals surface area contributed by atoms with Gasteiger partial charge in [0.15, 0.2) is 0 Å². The van der Waals surface area contributed by atoms with Crippen LogP contribution in [0.1, 0.15) is 30.1 Å². The molecule has 3 rings (SSSR count). The molecule has 24 heavy (non-hydrogen) atoms. The van der Waals surface area contributed by atoms with E-state index in [-0.39, 0.29) is 6.10 Å². The number of hydrogen-bond acceptors (Lipinski definition) is 4. The molecule has 1 aromatic heterocycles. The van der Waals surface area contributed by atoms with Crippen molar-refractivity contribution >= 4 is 0 Å². The number of aliphatic hydroxyl groups excluding tert-OH is 1. The highest BCUT2D eigenvalue weighted by molar-refractivity contribution is 5.17. The van der Waals surface area contributed by atoms with E-state index in [0.29, 0.717) is 0 Å². The first kappa shape index (κ1) is 17.1. The highest BCUT2D eigenvalue weighted by Crippen LogP contribution is 2.20. The molecule has 1 fully saturated rings. The monoisotopic (exact) mass is 325 g/mol. The molecule has 4 nitrogen and oxygen atoms in total. The van der Waals surface area contributed by atoms with E-state index in [4.69, 9.17) is 0 Å². The molecule has 2 aromatic rings. The van der Waals surface area contributed by atoms with Crippen molar-refractivity contribution in [2.45, 2.75) is 25.5 Å². The number of aromatic nitrogens is 1. The van der Waals surface area contributed by atoms with Crippen LogP contribution in [-0.4, -0.2) is 41.2 Å². The zero-order valence-electron chi connectivity index (χ0n) is 14.1. The van der Waals surface area contributed by atoms with Crippen molar-refractivity contribution < 1.29 is 5.11 Å². The van der Waals surface area contributed by atoms with Crippen molar-refractivity contribution in [3.63, 3.8) is 0 Å². The van der Waals surface area contributed by atoms with Crippen LogP contribution in [0.25, 0.3) is 0 Å². The molecule has 128 valence electrons. The van der Waals surface area contributed by atoms with E-state index in [1.807, 2.05) is 42.7 Å². The lowest BCUT2D eigenvalue weighted by Gasteiger charge is -2.33. The fraction of sp³-hybridized carbons (Fsp3) is 0.450. The maximum Gasteiger partial charge on any atom is 0.0916 e. The average Bonchev–Trinajstić information content (AvgIpc) is 2.65. The third-order valence-electron chi connectivity index (χ3n) is 4.83. The first-order chi connectivity index (χ1) is 11.8. The molecule has 1 aliphatic heterocycles. The maximum atomic E-state index is 10.3. The van der Waals surface area contributed by atoms with Gasteiger partial charge >= 0.3 is 0 Å². The van der Waals surface area contributed by atoms with Gasteiger partial charge in [-0.25, -0.2) is 0 Å². The van der Waals surface area contributed by atoms with Gasteiger partial charge in [-0.15, -0.1) is 0 Å². The Morgan fingerprint density at radius 2 is 1.79 bits per heavy atom. The average molecular weight is 325 g/mol. The summed E-state index contributed by atoms with van der Waals surface area (Å²) in [5, 5.41) is 13.9. The SMILES string of the molecule is OC(CN1CCC(CNCc2ccncc2)CC1)c1ccccc1. The van der Waals surface area contributed by atoms with Crippen molar-refractivity contribution in [1.29, 1.82) is 0 Å². The minimum atomic E-state index is -0.382. The fourth-order valence-electron chi connectivity index (χ4n) is 3.32. The first-order valence-electron chi connectivity index (χ1n) is 8.86. The summed E-state index contributed by atoms with van der Waals surface area (Å²) >= 11 is 0. The Labute approximate surface area is 144 Å². The van der Waals surface area contributed by atoms with Gasteiger partial charge in [0, 0.05) is 25.5 Å². The topological polar surface area (TPSA) is 48.4 Å². The third-order valence-corrected chi connectivity index (χ3v) is 4.83. The molecule has 0 radical (unpaired) electrons. The van der Waals surface area contributed by atoms with Crippen LogP contribution in [0.3, 0.4) is 0 Å². The molecule has 0 amide bonds. The van der Waals surface area contributed by atoms with Gasteiger partial charge in [-0.3, -0.25) is 4.98 Å². The van der Waals surface area contributed by atoms with Gasteiger partial charge in [-0.2, -0.15) is 0 Å². The van der Waals surface area contributed by atoms with E-state index in [1.165, 1.54) is 18.4 Å². The van der Waals surface area contributed by atoms with Crippen molar-refractivity contribution in [3.8, 4) is 0 Å². The number of benzene rings is 1. The van der Waals surface area contributed by atoms with Crippen LogP contribution in [-0.2, 0) is 6.54 Å². The normalized spacial score (nSPS) is 17.7. The smallest absolute Gasteiger partial charge is 0.0916 e. The van der Waals surface area contributed by atoms with Gasteiger partial charge in [0.2, 0.25) is 0 Å². The first-order valence-corrected chi connectivity index (χ1v) is 8.86. The Morgan fingerprint density at radius 3 is 2.50 bits per heavy atom. The van der Waals surface area contributed by atoms with E-state index in [2.05, 4.69) is 27.3 Å². The lowest BCUT2D eigenvalue weighted by molar-refractivity contribution is 0.0891. The van der Waals surface area contributed by atoms with Crippen molar-refractivity contribution in [2.75, 3.05) is 26.2 Å². The molecule has 2 N–H and O–H groups in total. The zero-order chi connectivity index (χ0) is 16.6. The zero-order valence-corrected chi connectivity index (χ0v) is 14.1. The number of piperidine rings is 1. The van der Waals surface area contributed by atoms with Crippen LogP contribution in [0.15, 0.2) is 54.9 Å². The van der Waals surface area contributed by atoms with Gasteiger partial charge in [-0.1, -0.05) is 30.3 Å². The number of hydrogen-bond donors (Lipinski definition) is 2. The molecule has 0 spiro atoms. The summed E-state index contributed by atoms with van der Waals surface area (Å²) < 4.78 is 0. The second kappa shape index (κ2) is 8.92. The minimum absolute atomic E-state index is 0.382. The third kappa shape index (κ3) is 5.13. The Kier molecular flexibility index (Phi) is 6.35. The minimum Gasteiger partial charge on any atom is -0.387 e. The van der Waals surface area contributed by atoms with Crippen LogP contribution in [0, 0.1) is 5.92 Å². The van der Waals surface area contributed by atoms with Gasteiger partial charge < -0.3 is 15.3 Å². The van der Waals surface area contributed by atoms with Gasteiger partial charge in [0.1, 0.15) is 0 Å². The van der Waals surface area contributed by atoms with Crippen LogP contribution in [0.2, 0.25) is 0 Å². The standard InChI is InChI=1S/C20H27N3O/c24-20(19-4-2-1-3-5-19)16-23-12-8-18(9-13-23)15-22-14-17-6-10-21-11-7-17/h1-7,10-11,18,20,22,24H,8-9,12-16H2. The molecule has 4 heteroatoms. The van der Waals surface area contributed by atoms with Crippen LogP contribution in [0.4, 0.5) is 0 Å². The van der Waals surface area contributed by atoms with Crippen molar-refractivity contribution in [2.24, 2.45) is 5.92 Å². The molecule has 0 saturated carbocycles. The van der Waals surface area contributed by atoms with E-state index < -0.39 is 0 Å². The number of β-amino-alcohol motifs (C(OH)–C–C–N with tert-alkyl or cyclic N) is 1. The Balaban J connectivity index is 1.35. The highest BCUT2D eigenvalue weighted by atomic mass is 16.3. The van der Waals surface area contributed by atoms with E-state index in [1.54, 1.807) is 0 Å². The fourth-order valence-corrected chi connectivity index (χ4v) is 3.32. The summed E-state index contributed by atoms with van der Waals surface area (Å²) in [5.41, 5.74) is 2.30. The van der Waals surface area contributed by atoms with Crippen LogP contribution >= 0.6 is 0 Å². The maximum absolute atomic E-state index is 10.3. The Morgan fingerprint density at radius 1 is 1.08 bits per heavy atom. The van der Waals surface area contributed by atoms with Crippen molar-refractivity contribution in [1.82, 2.24) is 15.2 Å². The summed E-state index contributed by atoms with van der Waals surface area (Å²) in [6.45, 7) is 4.87. The number of likely N-dealkylation sites (tertiary alicyclic amines) is 1. The molecule has 1 unspecified atom stereocenters. The van der Waals surface area contributed by atoms with E-state index >= 15 is 0 Å². The molecule has 0 bridgehead atoms. The molecule has 0 aliphatic carbocycles. The van der Waals surface area contributed by atoms with Crippen LogP contribution in [0.5, 0.6) is 0 Å². The van der Waals surface area contributed by atoms with Gasteiger partial charge in [-0.05, 0) is 61.7 Å². The summed E-state index contributed by atoms with van der Waals surface area (Å²) in [4.78, 5) is 6.43. The van der Waals surface area contributed by atoms with E-state index in [9.17, 15) is 5.11 Å². The lowest BCUT2D eigenvalue weighted by Crippen LogP contribution is -2.39. The molecular weight excluding hydrogens is 298 g/mol. The second-order valence-electron chi connectivity index (χ2n) is 6.66. The Bertz CT molecular complexity index is 582. The summed E-state index contributed by atoms with van der Waals surface area (Å²) in [6, 6.07) is 14.1. The Hall–Kier alpha value is -1.75. The number of rotatable bonds is 7. The number of nitrogens with one attached hydrogen (secondary N) is 1. The summed E-state index contributed by atoms with van der Waals surface area (Å²) in [6.07, 6.45) is 5.70. The number of pyridine rings is 1. The number of aliphatic hydroxyl groups is 1. The molecule has 2 heterocycles. The molecule has 1 atom stereocenters. The summed E-state index contributed by atoms with van der Waals surface area (Å²) in [7, 11) is 0. The molecular formula is C20H27N3O.